The normalized spacial score (nSPS) is 37.7. The van der Waals surface area contributed by atoms with E-state index in [1.54, 1.807) is 0 Å². The molecule has 4 atom stereocenters. The van der Waals surface area contributed by atoms with Gasteiger partial charge in [-0.1, -0.05) is 27.7 Å². The molecule has 0 saturated carbocycles. The van der Waals surface area contributed by atoms with Crippen molar-refractivity contribution in [2.24, 2.45) is 11.3 Å². The summed E-state index contributed by atoms with van der Waals surface area (Å²) in [7, 11) is 0. The van der Waals surface area contributed by atoms with Gasteiger partial charge in [0, 0.05) is 25.0 Å². The third-order valence-electron chi connectivity index (χ3n) is 3.29. The van der Waals surface area contributed by atoms with Gasteiger partial charge in [-0.3, -0.25) is 4.90 Å². The Morgan fingerprint density at radius 2 is 1.81 bits per heavy atom. The summed E-state index contributed by atoms with van der Waals surface area (Å²) >= 11 is 0. The van der Waals surface area contributed by atoms with E-state index in [4.69, 9.17) is 0 Å². The Labute approximate surface area is 97.9 Å². The van der Waals surface area contributed by atoms with E-state index in [9.17, 15) is 15.3 Å². The number of piperidine rings is 1. The molecule has 1 heterocycles. The van der Waals surface area contributed by atoms with Crippen LogP contribution < -0.4 is 0 Å². The van der Waals surface area contributed by atoms with E-state index in [0.29, 0.717) is 6.54 Å². The lowest BCUT2D eigenvalue weighted by Crippen LogP contribution is -2.60. The van der Waals surface area contributed by atoms with Gasteiger partial charge in [0.05, 0.1) is 18.8 Å². The Kier molecular flexibility index (Phi) is 4.35. The van der Waals surface area contributed by atoms with Crippen molar-refractivity contribution in [2.75, 3.05) is 19.7 Å². The SMILES string of the molecule is CC1C(O)C(O)CN(CC(C)(C)C)C1CO. The molecule has 0 radical (unpaired) electrons. The molecule has 1 saturated heterocycles. The second-order valence-corrected chi connectivity index (χ2v) is 6.16. The van der Waals surface area contributed by atoms with Crippen molar-refractivity contribution in [3.63, 3.8) is 0 Å². The average Bonchev–Trinajstić information content (AvgIpc) is 2.12. The van der Waals surface area contributed by atoms with Crippen LogP contribution in [0.3, 0.4) is 0 Å². The minimum Gasteiger partial charge on any atom is -0.395 e. The summed E-state index contributed by atoms with van der Waals surface area (Å²) in [5.74, 6) is -0.101. The van der Waals surface area contributed by atoms with Gasteiger partial charge in [-0.25, -0.2) is 0 Å². The van der Waals surface area contributed by atoms with Crippen molar-refractivity contribution >= 4 is 0 Å². The van der Waals surface area contributed by atoms with E-state index >= 15 is 0 Å². The van der Waals surface area contributed by atoms with Crippen LogP contribution in [0.4, 0.5) is 0 Å². The molecule has 0 amide bonds. The summed E-state index contributed by atoms with van der Waals surface area (Å²) in [6.07, 6.45) is -1.44. The van der Waals surface area contributed by atoms with Crippen molar-refractivity contribution in [3.05, 3.63) is 0 Å². The van der Waals surface area contributed by atoms with Crippen molar-refractivity contribution in [2.45, 2.75) is 45.9 Å². The minimum atomic E-state index is -0.728. The van der Waals surface area contributed by atoms with Crippen molar-refractivity contribution in [1.29, 1.82) is 0 Å². The standard InChI is InChI=1S/C12H25NO3/c1-8-9(6-14)13(7-12(2,3)4)5-10(15)11(8)16/h8-11,14-16H,5-7H2,1-4H3. The minimum absolute atomic E-state index is 0.0288. The molecule has 1 aliphatic heterocycles. The summed E-state index contributed by atoms with van der Waals surface area (Å²) in [5.41, 5.74) is 0.120. The summed E-state index contributed by atoms with van der Waals surface area (Å²) < 4.78 is 0. The van der Waals surface area contributed by atoms with E-state index in [0.717, 1.165) is 6.54 Å². The second kappa shape index (κ2) is 5.00. The molecule has 1 fully saturated rings. The molecule has 1 rings (SSSR count). The maximum Gasteiger partial charge on any atom is 0.0928 e. The first-order valence-electron chi connectivity index (χ1n) is 5.97. The van der Waals surface area contributed by atoms with Gasteiger partial charge in [0.25, 0.3) is 0 Å². The molecular weight excluding hydrogens is 206 g/mol. The molecule has 0 aromatic rings. The van der Waals surface area contributed by atoms with Crippen LogP contribution in [0.2, 0.25) is 0 Å². The van der Waals surface area contributed by atoms with Crippen LogP contribution in [0.15, 0.2) is 0 Å². The predicted octanol–water partition coefficient (Wildman–Crippen LogP) is 0.0669. The Balaban J connectivity index is 2.75. The smallest absolute Gasteiger partial charge is 0.0928 e. The molecule has 0 aliphatic carbocycles. The summed E-state index contributed by atoms with van der Waals surface area (Å²) in [4.78, 5) is 2.09. The lowest BCUT2D eigenvalue weighted by molar-refractivity contribution is -0.111. The van der Waals surface area contributed by atoms with Crippen LogP contribution in [-0.4, -0.2) is 58.2 Å². The molecule has 4 heteroatoms. The highest BCUT2D eigenvalue weighted by molar-refractivity contribution is 4.93. The fourth-order valence-corrected chi connectivity index (χ4v) is 2.47. The first-order chi connectivity index (χ1) is 7.26. The van der Waals surface area contributed by atoms with Crippen molar-refractivity contribution < 1.29 is 15.3 Å². The molecule has 0 bridgehead atoms. The number of hydrogen-bond acceptors (Lipinski definition) is 4. The maximum atomic E-state index is 9.78. The average molecular weight is 231 g/mol. The number of rotatable bonds is 2. The largest absolute Gasteiger partial charge is 0.395 e. The molecule has 4 nitrogen and oxygen atoms in total. The highest BCUT2D eigenvalue weighted by Gasteiger charge is 2.40. The number of aliphatic hydroxyl groups excluding tert-OH is 3. The number of hydrogen-bond donors (Lipinski definition) is 3. The summed E-state index contributed by atoms with van der Waals surface area (Å²) in [5, 5.41) is 28.9. The number of β-amino-alcohol motifs (C(OH)–C–C–N with tert-alkyl or cyclic N) is 1. The number of nitrogens with zero attached hydrogens (tertiary/aromatic N) is 1. The van der Waals surface area contributed by atoms with Crippen LogP contribution in [0.5, 0.6) is 0 Å². The molecule has 0 spiro atoms. The first-order valence-corrected chi connectivity index (χ1v) is 5.97. The lowest BCUT2D eigenvalue weighted by Gasteiger charge is -2.46. The van der Waals surface area contributed by atoms with Crippen molar-refractivity contribution in [3.8, 4) is 0 Å². The molecule has 16 heavy (non-hydrogen) atoms. The van der Waals surface area contributed by atoms with E-state index in [1.165, 1.54) is 0 Å². The monoisotopic (exact) mass is 231 g/mol. The summed E-state index contributed by atoms with van der Waals surface area (Å²) in [6.45, 7) is 9.54. The van der Waals surface area contributed by atoms with Gasteiger partial charge in [0.15, 0.2) is 0 Å². The lowest BCUT2D eigenvalue weighted by atomic mass is 9.84. The van der Waals surface area contributed by atoms with Crippen LogP contribution in [0, 0.1) is 11.3 Å². The van der Waals surface area contributed by atoms with E-state index < -0.39 is 12.2 Å². The number of likely N-dealkylation sites (tertiary alicyclic amines) is 1. The Bertz CT molecular complexity index is 227. The first kappa shape index (κ1) is 13.9. The van der Waals surface area contributed by atoms with Gasteiger partial charge in [-0.05, 0) is 5.41 Å². The van der Waals surface area contributed by atoms with Crippen LogP contribution in [0.1, 0.15) is 27.7 Å². The second-order valence-electron chi connectivity index (χ2n) is 6.16. The molecule has 1 aliphatic rings. The zero-order chi connectivity index (χ0) is 12.5. The van der Waals surface area contributed by atoms with Gasteiger partial charge in [0.2, 0.25) is 0 Å². The Morgan fingerprint density at radius 3 is 2.25 bits per heavy atom. The fraction of sp³-hybridized carbons (Fsp3) is 1.00. The Morgan fingerprint density at radius 1 is 1.25 bits per heavy atom. The molecular formula is C12H25NO3. The zero-order valence-electron chi connectivity index (χ0n) is 10.7. The quantitative estimate of drug-likeness (QED) is 0.629. The van der Waals surface area contributed by atoms with E-state index in [1.807, 2.05) is 6.92 Å². The highest BCUT2D eigenvalue weighted by atomic mass is 16.3. The predicted molar refractivity (Wildman–Crippen MR) is 63.1 cm³/mol. The highest BCUT2D eigenvalue weighted by Crippen LogP contribution is 2.27. The van der Waals surface area contributed by atoms with Crippen LogP contribution in [-0.2, 0) is 0 Å². The van der Waals surface area contributed by atoms with Gasteiger partial charge >= 0.3 is 0 Å². The molecule has 0 aromatic carbocycles. The van der Waals surface area contributed by atoms with E-state index in [2.05, 4.69) is 25.7 Å². The van der Waals surface area contributed by atoms with Gasteiger partial charge in [-0.2, -0.15) is 0 Å². The van der Waals surface area contributed by atoms with Gasteiger partial charge < -0.3 is 15.3 Å². The Hall–Kier alpha value is -0.160. The maximum absolute atomic E-state index is 9.78. The third-order valence-corrected chi connectivity index (χ3v) is 3.29. The fourth-order valence-electron chi connectivity index (χ4n) is 2.47. The van der Waals surface area contributed by atoms with Gasteiger partial charge in [-0.15, -0.1) is 0 Å². The molecule has 0 aromatic heterocycles. The topological polar surface area (TPSA) is 63.9 Å². The number of aliphatic hydroxyl groups is 3. The molecule has 96 valence electrons. The van der Waals surface area contributed by atoms with E-state index in [-0.39, 0.29) is 24.0 Å². The van der Waals surface area contributed by atoms with Gasteiger partial charge in [0.1, 0.15) is 0 Å². The summed E-state index contributed by atoms with van der Waals surface area (Å²) in [6, 6.07) is -0.0578. The third kappa shape index (κ3) is 3.17. The molecule has 4 unspecified atom stereocenters. The van der Waals surface area contributed by atoms with Crippen LogP contribution in [0.25, 0.3) is 0 Å². The molecule has 3 N–H and O–H groups in total. The van der Waals surface area contributed by atoms with Crippen LogP contribution >= 0.6 is 0 Å². The van der Waals surface area contributed by atoms with Crippen molar-refractivity contribution in [1.82, 2.24) is 4.90 Å². The zero-order valence-corrected chi connectivity index (χ0v) is 10.7.